The second kappa shape index (κ2) is 11.5. The van der Waals surface area contributed by atoms with Crippen LogP contribution in [0.15, 0.2) is 97.2 Å². The molecule has 0 aliphatic carbocycles. The van der Waals surface area contributed by atoms with Crippen LogP contribution in [0.4, 0.5) is 0 Å². The highest BCUT2D eigenvalue weighted by atomic mass is 16.5. The number of benzene rings is 3. The number of nitrogens with one attached hydrogen (secondary N) is 2. The molecule has 3 aromatic carbocycles. The lowest BCUT2D eigenvalue weighted by Crippen LogP contribution is -2.25. The lowest BCUT2D eigenvalue weighted by atomic mass is 10.1. The Labute approximate surface area is 203 Å². The number of nitrogens with zero attached hydrogens (tertiary/aromatic N) is 1. The minimum absolute atomic E-state index is 0.172. The maximum Gasteiger partial charge on any atom is 0.269 e. The molecule has 0 unspecified atom stereocenters. The lowest BCUT2D eigenvalue weighted by molar-refractivity contribution is 0.0947. The molecule has 0 saturated heterocycles. The molecule has 0 fully saturated rings. The van der Waals surface area contributed by atoms with Crippen molar-refractivity contribution in [3.05, 3.63) is 114 Å². The van der Waals surface area contributed by atoms with Crippen LogP contribution >= 0.6 is 0 Å². The highest BCUT2D eigenvalue weighted by Crippen LogP contribution is 2.23. The van der Waals surface area contributed by atoms with E-state index in [4.69, 9.17) is 9.47 Å². The monoisotopic (exact) mass is 467 g/mol. The van der Waals surface area contributed by atoms with Crippen molar-refractivity contribution in [1.29, 1.82) is 0 Å². The van der Waals surface area contributed by atoms with Crippen LogP contribution < -0.4 is 20.1 Å². The Bertz CT molecular complexity index is 1310. The molecule has 35 heavy (non-hydrogen) atoms. The van der Waals surface area contributed by atoms with Gasteiger partial charge in [-0.25, -0.2) is 0 Å². The van der Waals surface area contributed by atoms with Gasteiger partial charge in [0.2, 0.25) is 0 Å². The van der Waals surface area contributed by atoms with Gasteiger partial charge in [0.1, 0.15) is 28.7 Å². The van der Waals surface area contributed by atoms with Crippen molar-refractivity contribution in [2.24, 2.45) is 0 Å². The summed E-state index contributed by atoms with van der Waals surface area (Å²) in [6, 6.07) is 27.4. The molecule has 0 saturated carbocycles. The van der Waals surface area contributed by atoms with Crippen molar-refractivity contribution in [2.45, 2.75) is 6.42 Å². The van der Waals surface area contributed by atoms with Crippen molar-refractivity contribution >= 4 is 11.8 Å². The van der Waals surface area contributed by atoms with Crippen molar-refractivity contribution in [2.75, 3.05) is 13.6 Å². The fraction of sp³-hybridized carbons (Fsp3) is 0.107. The average molecular weight is 468 g/mol. The first-order chi connectivity index (χ1) is 17.1. The van der Waals surface area contributed by atoms with Crippen molar-refractivity contribution in [3.8, 4) is 23.0 Å². The Kier molecular flexibility index (Phi) is 7.70. The van der Waals surface area contributed by atoms with E-state index in [0.29, 0.717) is 41.5 Å². The second-order valence-corrected chi connectivity index (χ2v) is 7.65. The number of aromatic nitrogens is 1. The number of carbonyl (C=O) groups excluding carboxylic acids is 2. The Morgan fingerprint density at radius 1 is 0.743 bits per heavy atom. The minimum atomic E-state index is -0.280. The standard InChI is InChI=1S/C28H25N3O4/c1-29-28(33)26-19-25(14-16-30-26)35-23-11-5-7-20(17-23)13-15-31-27(32)21-8-6-12-24(18-21)34-22-9-3-2-4-10-22/h2-12,14,16-19H,13,15H2,1H3,(H,29,33)(H,31,32). The van der Waals surface area contributed by atoms with Gasteiger partial charge in [0.25, 0.3) is 11.8 Å². The van der Waals surface area contributed by atoms with Gasteiger partial charge in [-0.05, 0) is 60.5 Å². The van der Waals surface area contributed by atoms with E-state index in [1.165, 1.54) is 6.20 Å². The van der Waals surface area contributed by atoms with Crippen LogP contribution in [-0.2, 0) is 6.42 Å². The van der Waals surface area contributed by atoms with Crippen LogP contribution in [-0.4, -0.2) is 30.4 Å². The summed E-state index contributed by atoms with van der Waals surface area (Å²) in [6.45, 7) is 0.460. The molecule has 4 rings (SSSR count). The zero-order valence-electron chi connectivity index (χ0n) is 19.2. The predicted molar refractivity (Wildman–Crippen MR) is 133 cm³/mol. The molecule has 4 aromatic rings. The quantitative estimate of drug-likeness (QED) is 0.362. The SMILES string of the molecule is CNC(=O)c1cc(Oc2cccc(CCNC(=O)c3cccc(Oc4ccccc4)c3)c2)ccn1. The van der Waals surface area contributed by atoms with Crippen LogP contribution in [0.5, 0.6) is 23.0 Å². The first kappa shape index (κ1) is 23.5. The Morgan fingerprint density at radius 3 is 2.23 bits per heavy atom. The smallest absolute Gasteiger partial charge is 0.269 e. The normalized spacial score (nSPS) is 10.3. The van der Waals surface area contributed by atoms with Crippen LogP contribution in [0.25, 0.3) is 0 Å². The summed E-state index contributed by atoms with van der Waals surface area (Å²) in [6.07, 6.45) is 2.15. The molecule has 0 bridgehead atoms. The van der Waals surface area contributed by atoms with E-state index >= 15 is 0 Å². The third-order valence-electron chi connectivity index (χ3n) is 5.10. The number of para-hydroxylation sites is 1. The van der Waals surface area contributed by atoms with Gasteiger partial charge >= 0.3 is 0 Å². The molecule has 0 aliphatic heterocycles. The fourth-order valence-corrected chi connectivity index (χ4v) is 3.38. The van der Waals surface area contributed by atoms with Gasteiger partial charge in [-0.1, -0.05) is 36.4 Å². The second-order valence-electron chi connectivity index (χ2n) is 7.65. The van der Waals surface area contributed by atoms with Crippen LogP contribution in [0.1, 0.15) is 26.4 Å². The van der Waals surface area contributed by atoms with Gasteiger partial charge in [0, 0.05) is 31.4 Å². The number of amides is 2. The number of ether oxygens (including phenoxy) is 2. The maximum atomic E-state index is 12.6. The van der Waals surface area contributed by atoms with Crippen LogP contribution in [0.2, 0.25) is 0 Å². The lowest BCUT2D eigenvalue weighted by Gasteiger charge is -2.10. The number of hydrogen-bond donors (Lipinski definition) is 2. The molecular formula is C28H25N3O4. The predicted octanol–water partition coefficient (Wildman–Crippen LogP) is 5.00. The highest BCUT2D eigenvalue weighted by molar-refractivity contribution is 5.94. The maximum absolute atomic E-state index is 12.6. The molecule has 176 valence electrons. The molecule has 2 amide bonds. The molecule has 1 heterocycles. The van der Waals surface area contributed by atoms with Gasteiger partial charge in [-0.15, -0.1) is 0 Å². The van der Waals surface area contributed by atoms with Crippen molar-refractivity contribution in [1.82, 2.24) is 15.6 Å². The Morgan fingerprint density at radius 2 is 1.43 bits per heavy atom. The van der Waals surface area contributed by atoms with E-state index < -0.39 is 0 Å². The third kappa shape index (κ3) is 6.68. The summed E-state index contributed by atoms with van der Waals surface area (Å²) in [5, 5.41) is 5.49. The molecule has 0 radical (unpaired) electrons. The number of pyridine rings is 1. The van der Waals surface area contributed by atoms with E-state index in [0.717, 1.165) is 5.56 Å². The first-order valence-electron chi connectivity index (χ1n) is 11.2. The van der Waals surface area contributed by atoms with Gasteiger partial charge in [-0.3, -0.25) is 14.6 Å². The van der Waals surface area contributed by atoms with E-state index in [2.05, 4.69) is 15.6 Å². The molecule has 0 spiro atoms. The third-order valence-corrected chi connectivity index (χ3v) is 5.10. The summed E-state index contributed by atoms with van der Waals surface area (Å²) in [4.78, 5) is 28.4. The zero-order chi connectivity index (χ0) is 24.5. The average Bonchev–Trinajstić information content (AvgIpc) is 2.89. The van der Waals surface area contributed by atoms with Crippen LogP contribution in [0, 0.1) is 0 Å². The topological polar surface area (TPSA) is 89.6 Å². The summed E-state index contributed by atoms with van der Waals surface area (Å²) in [5.41, 5.74) is 1.81. The summed E-state index contributed by atoms with van der Waals surface area (Å²) in [5.74, 6) is 2.01. The largest absolute Gasteiger partial charge is 0.457 e. The molecule has 2 N–H and O–H groups in total. The van der Waals surface area contributed by atoms with Crippen molar-refractivity contribution < 1.29 is 19.1 Å². The Hall–Kier alpha value is -4.65. The highest BCUT2D eigenvalue weighted by Gasteiger charge is 2.09. The van der Waals surface area contributed by atoms with E-state index in [-0.39, 0.29) is 17.5 Å². The van der Waals surface area contributed by atoms with Gasteiger partial charge < -0.3 is 20.1 Å². The number of carbonyl (C=O) groups is 2. The van der Waals surface area contributed by atoms with Gasteiger partial charge in [-0.2, -0.15) is 0 Å². The summed E-state index contributed by atoms with van der Waals surface area (Å²) >= 11 is 0. The van der Waals surface area contributed by atoms with E-state index in [1.54, 1.807) is 37.4 Å². The summed E-state index contributed by atoms with van der Waals surface area (Å²) in [7, 11) is 1.55. The molecule has 0 aliphatic rings. The van der Waals surface area contributed by atoms with Crippen molar-refractivity contribution in [3.63, 3.8) is 0 Å². The Balaban J connectivity index is 1.32. The number of rotatable bonds is 9. The molecule has 0 atom stereocenters. The first-order valence-corrected chi connectivity index (χ1v) is 11.2. The minimum Gasteiger partial charge on any atom is -0.457 e. The van der Waals surface area contributed by atoms with Gasteiger partial charge in [0.15, 0.2) is 0 Å². The summed E-state index contributed by atoms with van der Waals surface area (Å²) < 4.78 is 11.7. The molecule has 7 heteroatoms. The fourth-order valence-electron chi connectivity index (χ4n) is 3.38. The zero-order valence-corrected chi connectivity index (χ0v) is 19.2. The molecule has 7 nitrogen and oxygen atoms in total. The molecular weight excluding hydrogens is 442 g/mol. The van der Waals surface area contributed by atoms with E-state index in [1.807, 2.05) is 60.7 Å². The molecule has 1 aromatic heterocycles. The van der Waals surface area contributed by atoms with E-state index in [9.17, 15) is 9.59 Å². The van der Waals surface area contributed by atoms with Gasteiger partial charge in [0.05, 0.1) is 0 Å². The number of hydrogen-bond acceptors (Lipinski definition) is 5. The van der Waals surface area contributed by atoms with Crippen LogP contribution in [0.3, 0.4) is 0 Å².